The van der Waals surface area contributed by atoms with E-state index < -0.39 is 10.0 Å². The highest BCUT2D eigenvalue weighted by Crippen LogP contribution is 2.39. The Balaban J connectivity index is 2.72. The standard InChI is InChI=1S/C13H20N2O3S/c1-4-15-19(16,17)13-9(3)8(2)7-10-11(14)5-6-18-12(10)13/h7,11,15H,4-6,14H2,1-3H3. The van der Waals surface area contributed by atoms with Crippen LogP contribution in [0.2, 0.25) is 0 Å². The maximum Gasteiger partial charge on any atom is 0.244 e. The smallest absolute Gasteiger partial charge is 0.244 e. The van der Waals surface area contributed by atoms with Crippen LogP contribution < -0.4 is 15.2 Å². The zero-order valence-electron chi connectivity index (χ0n) is 11.5. The first-order chi connectivity index (χ1) is 8.88. The summed E-state index contributed by atoms with van der Waals surface area (Å²) in [6.45, 7) is 6.23. The van der Waals surface area contributed by atoms with E-state index in [1.165, 1.54) is 0 Å². The van der Waals surface area contributed by atoms with Crippen molar-refractivity contribution in [2.45, 2.75) is 38.1 Å². The van der Waals surface area contributed by atoms with Crippen molar-refractivity contribution < 1.29 is 13.2 Å². The fraction of sp³-hybridized carbons (Fsp3) is 0.538. The first-order valence-electron chi connectivity index (χ1n) is 6.40. The molecule has 3 N–H and O–H groups in total. The molecular formula is C13H20N2O3S. The molecule has 1 aromatic carbocycles. The van der Waals surface area contributed by atoms with E-state index in [1.54, 1.807) is 13.8 Å². The minimum Gasteiger partial charge on any atom is -0.492 e. The Morgan fingerprint density at radius 3 is 2.79 bits per heavy atom. The maximum absolute atomic E-state index is 12.4. The van der Waals surface area contributed by atoms with Crippen molar-refractivity contribution in [1.82, 2.24) is 4.72 Å². The Morgan fingerprint density at radius 2 is 2.16 bits per heavy atom. The normalized spacial score (nSPS) is 18.8. The average molecular weight is 284 g/mol. The lowest BCUT2D eigenvalue weighted by molar-refractivity contribution is 0.261. The molecule has 0 bridgehead atoms. The molecule has 1 aliphatic rings. The SMILES string of the molecule is CCNS(=O)(=O)c1c(C)c(C)cc2c1OCCC2N. The summed E-state index contributed by atoms with van der Waals surface area (Å²) in [4.78, 5) is 0.236. The molecule has 5 nitrogen and oxygen atoms in total. The number of fused-ring (bicyclic) bond motifs is 1. The molecule has 0 fully saturated rings. The molecule has 0 saturated carbocycles. The molecule has 19 heavy (non-hydrogen) atoms. The molecule has 1 aromatic rings. The molecule has 0 amide bonds. The monoisotopic (exact) mass is 284 g/mol. The second-order valence-corrected chi connectivity index (χ2v) is 6.51. The fourth-order valence-electron chi connectivity index (χ4n) is 2.34. The highest BCUT2D eigenvalue weighted by molar-refractivity contribution is 7.89. The summed E-state index contributed by atoms with van der Waals surface area (Å²) in [5, 5.41) is 0. The van der Waals surface area contributed by atoms with Gasteiger partial charge < -0.3 is 10.5 Å². The number of nitrogens with two attached hydrogens (primary N) is 1. The Hall–Kier alpha value is -1.11. The van der Waals surface area contributed by atoms with Gasteiger partial charge in [0.15, 0.2) is 0 Å². The first-order valence-corrected chi connectivity index (χ1v) is 7.89. The molecule has 6 heteroatoms. The maximum atomic E-state index is 12.4. The van der Waals surface area contributed by atoms with Crippen LogP contribution in [0, 0.1) is 13.8 Å². The van der Waals surface area contributed by atoms with Crippen molar-refractivity contribution in [2.75, 3.05) is 13.2 Å². The van der Waals surface area contributed by atoms with Crippen molar-refractivity contribution in [2.24, 2.45) is 5.73 Å². The molecule has 1 aliphatic heterocycles. The van der Waals surface area contributed by atoms with Crippen LogP contribution in [-0.4, -0.2) is 21.6 Å². The third-order valence-electron chi connectivity index (χ3n) is 3.45. The molecular weight excluding hydrogens is 264 g/mol. The van der Waals surface area contributed by atoms with Crippen LogP contribution in [0.1, 0.15) is 36.1 Å². The van der Waals surface area contributed by atoms with Gasteiger partial charge in [-0.25, -0.2) is 13.1 Å². The van der Waals surface area contributed by atoms with Gasteiger partial charge in [-0.2, -0.15) is 0 Å². The largest absolute Gasteiger partial charge is 0.492 e. The molecule has 106 valence electrons. The lowest BCUT2D eigenvalue weighted by Gasteiger charge is -2.27. The number of benzene rings is 1. The minimum absolute atomic E-state index is 0.168. The van der Waals surface area contributed by atoms with E-state index in [9.17, 15) is 8.42 Å². The van der Waals surface area contributed by atoms with Crippen LogP contribution in [0.3, 0.4) is 0 Å². The average Bonchev–Trinajstić information content (AvgIpc) is 2.31. The molecule has 2 rings (SSSR count). The van der Waals surface area contributed by atoms with Crippen molar-refractivity contribution in [3.63, 3.8) is 0 Å². The van der Waals surface area contributed by atoms with E-state index in [4.69, 9.17) is 10.5 Å². The van der Waals surface area contributed by atoms with Gasteiger partial charge in [0.1, 0.15) is 10.6 Å². The van der Waals surface area contributed by atoms with Crippen LogP contribution in [0.15, 0.2) is 11.0 Å². The van der Waals surface area contributed by atoms with Gasteiger partial charge in [0.2, 0.25) is 10.0 Å². The van der Waals surface area contributed by atoms with Crippen LogP contribution in [0.25, 0.3) is 0 Å². The lowest BCUT2D eigenvalue weighted by Crippen LogP contribution is -2.28. The van der Waals surface area contributed by atoms with Gasteiger partial charge in [-0.15, -0.1) is 0 Å². The molecule has 1 unspecified atom stereocenters. The van der Waals surface area contributed by atoms with Crippen molar-refractivity contribution in [1.29, 1.82) is 0 Å². The van der Waals surface area contributed by atoms with Crippen molar-refractivity contribution in [3.05, 3.63) is 22.8 Å². The van der Waals surface area contributed by atoms with Gasteiger partial charge in [0.05, 0.1) is 6.61 Å². The number of sulfonamides is 1. The third-order valence-corrected chi connectivity index (χ3v) is 5.15. The lowest BCUT2D eigenvalue weighted by atomic mass is 9.96. The Labute approximate surface area is 114 Å². The van der Waals surface area contributed by atoms with E-state index >= 15 is 0 Å². The van der Waals surface area contributed by atoms with E-state index in [0.29, 0.717) is 30.9 Å². The Morgan fingerprint density at radius 1 is 1.47 bits per heavy atom. The molecule has 0 aromatic heterocycles. The van der Waals surface area contributed by atoms with Gasteiger partial charge in [-0.3, -0.25) is 0 Å². The predicted octanol–water partition coefficient (Wildman–Crippen LogP) is 1.38. The van der Waals surface area contributed by atoms with E-state index in [2.05, 4.69) is 4.72 Å². The van der Waals surface area contributed by atoms with Gasteiger partial charge in [-0.05, 0) is 25.0 Å². The number of hydrogen-bond acceptors (Lipinski definition) is 4. The van der Waals surface area contributed by atoms with Gasteiger partial charge in [0, 0.05) is 24.6 Å². The minimum atomic E-state index is -3.56. The second-order valence-electron chi connectivity index (χ2n) is 4.81. The molecule has 1 heterocycles. The summed E-state index contributed by atoms with van der Waals surface area (Å²) in [6, 6.07) is 1.76. The molecule has 0 aliphatic carbocycles. The number of hydrogen-bond donors (Lipinski definition) is 2. The van der Waals surface area contributed by atoms with Gasteiger partial charge >= 0.3 is 0 Å². The quantitative estimate of drug-likeness (QED) is 0.878. The van der Waals surface area contributed by atoms with Crippen LogP contribution >= 0.6 is 0 Å². The first kappa shape index (κ1) is 14.3. The van der Waals surface area contributed by atoms with E-state index in [0.717, 1.165) is 11.1 Å². The third kappa shape index (κ3) is 2.48. The Bertz CT molecular complexity index is 596. The summed E-state index contributed by atoms with van der Waals surface area (Å²) in [7, 11) is -3.56. The van der Waals surface area contributed by atoms with E-state index in [-0.39, 0.29) is 10.9 Å². The zero-order valence-corrected chi connectivity index (χ0v) is 12.3. The summed E-state index contributed by atoms with van der Waals surface area (Å²) in [6.07, 6.45) is 0.705. The van der Waals surface area contributed by atoms with Crippen LogP contribution in [0.4, 0.5) is 0 Å². The number of aryl methyl sites for hydroxylation is 1. The highest BCUT2D eigenvalue weighted by Gasteiger charge is 2.29. The van der Waals surface area contributed by atoms with Crippen LogP contribution in [-0.2, 0) is 10.0 Å². The van der Waals surface area contributed by atoms with Gasteiger partial charge in [-0.1, -0.05) is 13.0 Å². The van der Waals surface area contributed by atoms with Crippen LogP contribution in [0.5, 0.6) is 5.75 Å². The van der Waals surface area contributed by atoms with Crippen molar-refractivity contribution in [3.8, 4) is 5.75 Å². The summed E-state index contributed by atoms with van der Waals surface area (Å²) < 4.78 is 32.8. The highest BCUT2D eigenvalue weighted by atomic mass is 32.2. The molecule has 0 radical (unpaired) electrons. The summed E-state index contributed by atoms with van der Waals surface area (Å²) >= 11 is 0. The Kier molecular flexibility index (Phi) is 3.85. The number of ether oxygens (including phenoxy) is 1. The topological polar surface area (TPSA) is 81.4 Å². The molecule has 1 atom stereocenters. The summed E-state index contributed by atoms with van der Waals surface area (Å²) in [5.41, 5.74) is 8.47. The van der Waals surface area contributed by atoms with Gasteiger partial charge in [0.25, 0.3) is 0 Å². The predicted molar refractivity (Wildman–Crippen MR) is 73.8 cm³/mol. The number of nitrogens with one attached hydrogen (secondary N) is 1. The molecule has 0 spiro atoms. The van der Waals surface area contributed by atoms with E-state index in [1.807, 2.05) is 13.0 Å². The summed E-state index contributed by atoms with van der Waals surface area (Å²) in [5.74, 6) is 0.419. The zero-order chi connectivity index (χ0) is 14.2. The second kappa shape index (κ2) is 5.11. The molecule has 0 saturated heterocycles. The van der Waals surface area contributed by atoms with Crippen molar-refractivity contribution >= 4 is 10.0 Å². The number of rotatable bonds is 3. The fourth-order valence-corrected chi connectivity index (χ4v) is 3.85.